The summed E-state index contributed by atoms with van der Waals surface area (Å²) in [6.07, 6.45) is 0. The van der Waals surface area contributed by atoms with E-state index in [-0.39, 0.29) is 17.4 Å². The zero-order valence-corrected chi connectivity index (χ0v) is 11.0. The van der Waals surface area contributed by atoms with Gasteiger partial charge in [-0.05, 0) is 30.5 Å². The Kier molecular flexibility index (Phi) is 4.36. The fraction of sp³-hybridized carbons (Fsp3) is 0.455. The Labute approximate surface area is 102 Å². The van der Waals surface area contributed by atoms with E-state index in [9.17, 15) is 13.5 Å². The van der Waals surface area contributed by atoms with E-state index in [0.29, 0.717) is 6.54 Å². The zero-order chi connectivity index (χ0) is 13.1. The Balaban J connectivity index is 2.79. The van der Waals surface area contributed by atoms with Gasteiger partial charge in [-0.2, -0.15) is 13.1 Å². The molecule has 3 N–H and O–H groups in total. The minimum Gasteiger partial charge on any atom is -0.506 e. The SMILES string of the molecule is Cc1ccc(O)c(NS(=O)(=O)NCC(C)C)c1. The summed E-state index contributed by atoms with van der Waals surface area (Å²) in [4.78, 5) is 0. The van der Waals surface area contributed by atoms with E-state index in [0.717, 1.165) is 5.56 Å². The van der Waals surface area contributed by atoms with Crippen LogP contribution in [0.15, 0.2) is 18.2 Å². The maximum Gasteiger partial charge on any atom is 0.299 e. The molecule has 0 bridgehead atoms. The highest BCUT2D eigenvalue weighted by Crippen LogP contribution is 2.24. The number of rotatable bonds is 5. The minimum absolute atomic E-state index is 0.0921. The zero-order valence-electron chi connectivity index (χ0n) is 10.2. The normalized spacial score (nSPS) is 11.8. The summed E-state index contributed by atoms with van der Waals surface area (Å²) in [6.45, 7) is 5.99. The number of anilines is 1. The van der Waals surface area contributed by atoms with Gasteiger partial charge in [0.25, 0.3) is 10.2 Å². The standard InChI is InChI=1S/C11H18N2O3S/c1-8(2)7-12-17(15,16)13-10-6-9(3)4-5-11(10)14/h4-6,8,12-14H,7H2,1-3H3. The van der Waals surface area contributed by atoms with Crippen molar-refractivity contribution in [1.29, 1.82) is 0 Å². The Morgan fingerprint density at radius 3 is 2.59 bits per heavy atom. The highest BCUT2D eigenvalue weighted by molar-refractivity contribution is 7.90. The maximum absolute atomic E-state index is 11.6. The fourth-order valence-corrected chi connectivity index (χ4v) is 2.27. The van der Waals surface area contributed by atoms with Crippen LogP contribution in [-0.2, 0) is 10.2 Å². The molecule has 0 spiro atoms. The van der Waals surface area contributed by atoms with Crippen LogP contribution >= 0.6 is 0 Å². The first-order valence-electron chi connectivity index (χ1n) is 5.37. The van der Waals surface area contributed by atoms with E-state index >= 15 is 0 Å². The van der Waals surface area contributed by atoms with Crippen molar-refractivity contribution in [2.75, 3.05) is 11.3 Å². The molecule has 0 radical (unpaired) electrons. The monoisotopic (exact) mass is 258 g/mol. The Hall–Kier alpha value is -1.27. The van der Waals surface area contributed by atoms with E-state index < -0.39 is 10.2 Å². The summed E-state index contributed by atoms with van der Waals surface area (Å²) in [6, 6.07) is 4.73. The van der Waals surface area contributed by atoms with E-state index in [4.69, 9.17) is 0 Å². The second-order valence-corrected chi connectivity index (χ2v) is 5.87. The van der Waals surface area contributed by atoms with Crippen molar-refractivity contribution in [3.8, 4) is 5.75 Å². The lowest BCUT2D eigenvalue weighted by atomic mass is 10.2. The van der Waals surface area contributed by atoms with Gasteiger partial charge in [-0.1, -0.05) is 19.9 Å². The Morgan fingerprint density at radius 1 is 1.35 bits per heavy atom. The van der Waals surface area contributed by atoms with Crippen LogP contribution in [0.1, 0.15) is 19.4 Å². The topological polar surface area (TPSA) is 78.4 Å². The van der Waals surface area contributed by atoms with Gasteiger partial charge in [0.15, 0.2) is 0 Å². The van der Waals surface area contributed by atoms with Gasteiger partial charge in [-0.25, -0.2) is 0 Å². The maximum atomic E-state index is 11.6. The van der Waals surface area contributed by atoms with Crippen LogP contribution in [0.25, 0.3) is 0 Å². The number of hydrogen-bond donors (Lipinski definition) is 3. The largest absolute Gasteiger partial charge is 0.506 e. The molecule has 0 aliphatic rings. The van der Waals surface area contributed by atoms with Gasteiger partial charge in [0.05, 0.1) is 5.69 Å². The first-order valence-corrected chi connectivity index (χ1v) is 6.85. The van der Waals surface area contributed by atoms with Crippen LogP contribution in [0.5, 0.6) is 5.75 Å². The molecule has 5 nitrogen and oxygen atoms in total. The summed E-state index contributed by atoms with van der Waals surface area (Å²) >= 11 is 0. The summed E-state index contributed by atoms with van der Waals surface area (Å²) in [5.41, 5.74) is 1.05. The van der Waals surface area contributed by atoms with Crippen LogP contribution in [-0.4, -0.2) is 20.1 Å². The average molecular weight is 258 g/mol. The molecule has 0 saturated heterocycles. The molecule has 0 atom stereocenters. The summed E-state index contributed by atoms with van der Waals surface area (Å²) in [5, 5.41) is 9.52. The van der Waals surface area contributed by atoms with Gasteiger partial charge < -0.3 is 5.11 Å². The van der Waals surface area contributed by atoms with Gasteiger partial charge in [0, 0.05) is 6.54 Å². The number of hydrogen-bond acceptors (Lipinski definition) is 3. The molecule has 0 aromatic heterocycles. The molecule has 1 rings (SSSR count). The van der Waals surface area contributed by atoms with E-state index in [2.05, 4.69) is 9.44 Å². The van der Waals surface area contributed by atoms with E-state index in [1.54, 1.807) is 12.1 Å². The molecule has 0 unspecified atom stereocenters. The molecule has 0 aliphatic heterocycles. The Bertz CT molecular complexity index is 483. The van der Waals surface area contributed by atoms with Crippen molar-refractivity contribution in [1.82, 2.24) is 4.72 Å². The second-order valence-electron chi connectivity index (χ2n) is 4.37. The smallest absolute Gasteiger partial charge is 0.299 e. The Morgan fingerprint density at radius 2 is 2.00 bits per heavy atom. The second kappa shape index (κ2) is 5.37. The van der Waals surface area contributed by atoms with Crippen LogP contribution < -0.4 is 9.44 Å². The van der Waals surface area contributed by atoms with Crippen molar-refractivity contribution >= 4 is 15.9 Å². The molecular formula is C11H18N2O3S. The third kappa shape index (κ3) is 4.62. The van der Waals surface area contributed by atoms with Crippen molar-refractivity contribution in [2.24, 2.45) is 5.92 Å². The number of phenolic OH excluding ortho intramolecular Hbond substituents is 1. The average Bonchev–Trinajstić information content (AvgIpc) is 2.20. The molecule has 1 aromatic rings. The molecule has 0 amide bonds. The molecule has 96 valence electrons. The van der Waals surface area contributed by atoms with Crippen molar-refractivity contribution in [2.45, 2.75) is 20.8 Å². The van der Waals surface area contributed by atoms with Gasteiger partial charge >= 0.3 is 0 Å². The lowest BCUT2D eigenvalue weighted by molar-refractivity contribution is 0.477. The minimum atomic E-state index is -3.63. The van der Waals surface area contributed by atoms with Gasteiger partial charge in [0.2, 0.25) is 0 Å². The molecule has 0 aliphatic carbocycles. The molecule has 0 fully saturated rings. The first-order chi connectivity index (χ1) is 7.80. The lowest BCUT2D eigenvalue weighted by Gasteiger charge is -2.12. The number of phenols is 1. The molecule has 0 heterocycles. The number of benzene rings is 1. The van der Waals surface area contributed by atoms with Crippen molar-refractivity contribution in [3.63, 3.8) is 0 Å². The van der Waals surface area contributed by atoms with E-state index in [1.807, 2.05) is 20.8 Å². The van der Waals surface area contributed by atoms with Crippen molar-refractivity contribution < 1.29 is 13.5 Å². The highest BCUT2D eigenvalue weighted by atomic mass is 32.2. The van der Waals surface area contributed by atoms with Crippen molar-refractivity contribution in [3.05, 3.63) is 23.8 Å². The number of nitrogens with one attached hydrogen (secondary N) is 2. The van der Waals surface area contributed by atoms with Gasteiger partial charge in [0.1, 0.15) is 5.75 Å². The summed E-state index contributed by atoms with van der Waals surface area (Å²) in [7, 11) is -3.63. The molecule has 1 aromatic carbocycles. The van der Waals surface area contributed by atoms with Crippen LogP contribution in [0.4, 0.5) is 5.69 Å². The van der Waals surface area contributed by atoms with Crippen LogP contribution in [0.2, 0.25) is 0 Å². The third-order valence-electron chi connectivity index (χ3n) is 2.08. The number of aromatic hydroxyl groups is 1. The van der Waals surface area contributed by atoms with Crippen LogP contribution in [0.3, 0.4) is 0 Å². The summed E-state index contributed by atoms with van der Waals surface area (Å²) < 4.78 is 28.0. The molecular weight excluding hydrogens is 240 g/mol. The van der Waals surface area contributed by atoms with E-state index in [1.165, 1.54) is 6.07 Å². The van der Waals surface area contributed by atoms with Gasteiger partial charge in [-0.3, -0.25) is 4.72 Å². The molecule has 6 heteroatoms. The first kappa shape index (κ1) is 13.8. The fourth-order valence-electron chi connectivity index (χ4n) is 1.19. The number of aryl methyl sites for hydroxylation is 1. The van der Waals surface area contributed by atoms with Gasteiger partial charge in [-0.15, -0.1) is 0 Å². The third-order valence-corrected chi connectivity index (χ3v) is 3.11. The summed E-state index contributed by atoms with van der Waals surface area (Å²) in [5.74, 6) is 0.128. The predicted molar refractivity (Wildman–Crippen MR) is 68.2 cm³/mol. The lowest BCUT2D eigenvalue weighted by Crippen LogP contribution is -2.32. The highest BCUT2D eigenvalue weighted by Gasteiger charge is 2.12. The molecule has 0 saturated carbocycles. The molecule has 17 heavy (non-hydrogen) atoms. The predicted octanol–water partition coefficient (Wildman–Crippen LogP) is 1.60. The quantitative estimate of drug-likeness (QED) is 0.702. The van der Waals surface area contributed by atoms with Crippen LogP contribution in [0, 0.1) is 12.8 Å².